The topological polar surface area (TPSA) is 389 Å². The van der Waals surface area contributed by atoms with Crippen LogP contribution in [0.4, 0.5) is 0 Å². The number of allylic oxidation sites excluding steroid dienone is 7. The molecule has 2 aliphatic heterocycles. The number of ketones is 1. The van der Waals surface area contributed by atoms with Crippen LogP contribution in [0.2, 0.25) is 0 Å². The Hall–Kier alpha value is -5.54. The average molecular weight is 1430 g/mol. The largest absolute Gasteiger partial charge is 0.479 e. The first-order valence-electron chi connectivity index (χ1n) is 36.3. The molecule has 14 N–H and O–H groups in total. The van der Waals surface area contributed by atoms with Crippen LogP contribution in [0.15, 0.2) is 95.7 Å². The summed E-state index contributed by atoms with van der Waals surface area (Å²) in [5.74, 6) is -11.4. The van der Waals surface area contributed by atoms with Gasteiger partial charge in [-0.05, 0) is 146 Å². The highest BCUT2D eigenvalue weighted by molar-refractivity contribution is 5.94. The number of aliphatic carboxylic acids is 1. The van der Waals surface area contributed by atoms with E-state index in [0.29, 0.717) is 42.4 Å². The molecule has 0 radical (unpaired) electrons. The number of esters is 1. The Morgan fingerprint density at radius 3 is 1.95 bits per heavy atom. The van der Waals surface area contributed by atoms with Gasteiger partial charge in [0.05, 0.1) is 85.1 Å². The van der Waals surface area contributed by atoms with E-state index >= 15 is 0 Å². The van der Waals surface area contributed by atoms with Crippen LogP contribution >= 0.6 is 0 Å². The van der Waals surface area contributed by atoms with Gasteiger partial charge in [0.1, 0.15) is 18.0 Å². The summed E-state index contributed by atoms with van der Waals surface area (Å²) >= 11 is 0. The summed E-state index contributed by atoms with van der Waals surface area (Å²) in [4.78, 5) is 80.9. The minimum absolute atomic E-state index is 0.0328. The van der Waals surface area contributed by atoms with Crippen LogP contribution in [-0.4, -0.2) is 202 Å². The van der Waals surface area contributed by atoms with E-state index < -0.39 is 162 Å². The molecule has 101 heavy (non-hydrogen) atoms. The minimum Gasteiger partial charge on any atom is -0.479 e. The first kappa shape index (κ1) is 91.5. The monoisotopic (exact) mass is 1430 g/mol. The Kier molecular flexibility index (Phi) is 40.2. The molecule has 2 bridgehead atoms. The standard InChI is InChI=1S/C78H129N3O20/c1-42(2)36-57(79-64(87)34-35-78(17,18)74(94)54(15)67(88)43(3)4)71(92)50(11)40-48(9)69(90)46(7)31-33-59(84)53(14)75(95)81-65(55(16)82)73-52(13)58(83)32-30-45(6)68(89)47(8)39-49(10)70(91)51(12)60(85)41-56-37-44(5)38-62(100-56)61(99-19)28-26-24-22-20-21-23-25-27-29-63(86)80-66(77(98)101-73)72(93)76(96)97/h22-30,34-35,39-40,42-44,46-47,50-62,65-73,82-85,88-93H,20-21,31-33,36-38,41H2,1-19H3,(H,79,87)(H,80,86)(H,81,95)(H,96,97)/b24-22?,25-23?,28-26?,29-27?,35-34+,45-30?,48-40+,49-39?. The van der Waals surface area contributed by atoms with E-state index in [1.165, 1.54) is 45.1 Å². The van der Waals surface area contributed by atoms with E-state index in [1.54, 1.807) is 101 Å². The Labute approximate surface area is 601 Å². The van der Waals surface area contributed by atoms with E-state index in [0.717, 1.165) is 12.5 Å². The number of hydrogen-bond donors (Lipinski definition) is 14. The zero-order valence-electron chi connectivity index (χ0n) is 63.6. The summed E-state index contributed by atoms with van der Waals surface area (Å²) in [5, 5.41) is 132. The molecule has 25 unspecified atom stereocenters. The smallest absolute Gasteiger partial charge is 0.335 e. The molecule has 0 spiro atoms. The number of aliphatic hydroxyl groups is 10. The molecule has 2 aliphatic rings. The van der Waals surface area contributed by atoms with Crippen LogP contribution in [-0.2, 0) is 43.0 Å². The summed E-state index contributed by atoms with van der Waals surface area (Å²) in [6, 6.07) is -4.61. The molecule has 0 aromatic heterocycles. The lowest BCUT2D eigenvalue weighted by molar-refractivity contribution is -0.170. The van der Waals surface area contributed by atoms with Crippen LogP contribution in [0, 0.1) is 64.6 Å². The number of carboxylic acids is 1. The maximum Gasteiger partial charge on any atom is 0.335 e. The van der Waals surface area contributed by atoms with Gasteiger partial charge in [0.15, 0.2) is 12.1 Å². The number of hydrogen-bond acceptors (Lipinski definition) is 19. The highest BCUT2D eigenvalue weighted by atomic mass is 16.6. The highest BCUT2D eigenvalue weighted by Crippen LogP contribution is 2.34. The van der Waals surface area contributed by atoms with E-state index in [4.69, 9.17) is 14.2 Å². The second-order valence-electron chi connectivity index (χ2n) is 30.4. The van der Waals surface area contributed by atoms with Crippen molar-refractivity contribution < 1.29 is 99.1 Å². The number of fused-ring (bicyclic) bond motifs is 2. The van der Waals surface area contributed by atoms with Crippen LogP contribution in [0.25, 0.3) is 0 Å². The average Bonchev–Trinajstić information content (AvgIpc) is 0.848. The zero-order chi connectivity index (χ0) is 77.1. The number of nitrogens with one attached hydrogen (secondary N) is 3. The Balaban J connectivity index is 2.51. The predicted octanol–water partition coefficient (Wildman–Crippen LogP) is 6.99. The maximum atomic E-state index is 14.3. The van der Waals surface area contributed by atoms with Crippen LogP contribution in [0.3, 0.4) is 0 Å². The summed E-state index contributed by atoms with van der Waals surface area (Å²) in [6.45, 7) is 30.7. The van der Waals surface area contributed by atoms with Crippen molar-refractivity contribution in [3.8, 4) is 0 Å². The van der Waals surface area contributed by atoms with Crippen molar-refractivity contribution in [3.05, 3.63) is 95.7 Å². The molecule has 0 aromatic carbocycles. The summed E-state index contributed by atoms with van der Waals surface area (Å²) < 4.78 is 18.2. The lowest BCUT2D eigenvalue weighted by Gasteiger charge is -2.38. The van der Waals surface area contributed by atoms with Crippen molar-refractivity contribution in [2.24, 2.45) is 64.6 Å². The van der Waals surface area contributed by atoms with Crippen LogP contribution < -0.4 is 16.0 Å². The predicted molar refractivity (Wildman–Crippen MR) is 389 cm³/mol. The molecule has 0 aromatic rings. The van der Waals surface area contributed by atoms with Gasteiger partial charge in [0.2, 0.25) is 17.7 Å². The third kappa shape index (κ3) is 30.2. The number of ether oxygens (including phenoxy) is 3. The van der Waals surface area contributed by atoms with E-state index in [9.17, 15) is 84.9 Å². The first-order valence-corrected chi connectivity index (χ1v) is 36.3. The second kappa shape index (κ2) is 44.3. The number of aliphatic hydroxyl groups excluding tert-OH is 10. The molecule has 576 valence electrons. The number of amides is 3. The number of Topliss-reactive ketones (excluding diaryl/α,β-unsaturated/α-hetero) is 1. The lowest BCUT2D eigenvalue weighted by atomic mass is 9.77. The summed E-state index contributed by atoms with van der Waals surface area (Å²) in [6.07, 6.45) is 8.06. The molecule has 23 nitrogen and oxygen atoms in total. The van der Waals surface area contributed by atoms with Gasteiger partial charge in [-0.25, -0.2) is 9.59 Å². The van der Waals surface area contributed by atoms with Gasteiger partial charge < -0.3 is 86.3 Å². The number of rotatable bonds is 25. The van der Waals surface area contributed by atoms with E-state index in [-0.39, 0.29) is 67.5 Å². The van der Waals surface area contributed by atoms with Gasteiger partial charge in [-0.1, -0.05) is 150 Å². The van der Waals surface area contributed by atoms with E-state index in [1.807, 2.05) is 52.0 Å². The summed E-state index contributed by atoms with van der Waals surface area (Å²) in [5.41, 5.74) is 0.299. The molecule has 0 saturated carbocycles. The molecule has 23 heteroatoms. The fourth-order valence-electron chi connectivity index (χ4n) is 13.1. The maximum absolute atomic E-state index is 14.3. The third-order valence-electron chi connectivity index (χ3n) is 20.1. The van der Waals surface area contributed by atoms with Crippen LogP contribution in [0.5, 0.6) is 0 Å². The SMILES string of the molecule is COC1C=CC=CCCC=CC=CC(=O)NC(C(O)C(=O)O)C(=O)OC(C(NC(=O)C(C)C(O)CCC(C)C(O)/C(C)=C/C(C)C(O)C(CC(C)C)NC(=O)/C=C/C(C)(C)C(=O)C(C)C(O)C(C)C)C(C)O)C(C)C(O)CC=C(C)C(O)C(C)C=C(C)C(O)C(C)C(O)CC2CC(C)CC1O2. The van der Waals surface area contributed by atoms with Gasteiger partial charge in [-0.2, -0.15) is 0 Å². The second-order valence-corrected chi connectivity index (χ2v) is 30.4. The third-order valence-corrected chi connectivity index (χ3v) is 20.1. The van der Waals surface area contributed by atoms with Gasteiger partial charge in [0, 0.05) is 48.2 Å². The number of carbonyl (C=O) groups is 6. The number of cyclic esters (lactones) is 1. The first-order chi connectivity index (χ1) is 47.0. The fourth-order valence-corrected chi connectivity index (χ4v) is 13.1. The number of carboxylic acid groups (broad SMARTS) is 1. The van der Waals surface area contributed by atoms with E-state index in [2.05, 4.69) is 22.9 Å². The number of carbonyl (C=O) groups excluding carboxylic acids is 5. The van der Waals surface area contributed by atoms with Crippen molar-refractivity contribution in [2.45, 2.75) is 286 Å². The van der Waals surface area contributed by atoms with Crippen molar-refractivity contribution in [2.75, 3.05) is 7.11 Å². The summed E-state index contributed by atoms with van der Waals surface area (Å²) in [7, 11) is 1.60. The normalized spacial score (nSPS) is 29.5. The number of methoxy groups -OCH3 is 1. The van der Waals surface area contributed by atoms with Gasteiger partial charge in [0.25, 0.3) is 0 Å². The highest BCUT2D eigenvalue weighted by Gasteiger charge is 2.44. The van der Waals surface area contributed by atoms with Crippen molar-refractivity contribution in [1.29, 1.82) is 0 Å². The van der Waals surface area contributed by atoms with Crippen molar-refractivity contribution in [1.82, 2.24) is 16.0 Å². The van der Waals surface area contributed by atoms with Gasteiger partial charge >= 0.3 is 11.9 Å². The minimum atomic E-state index is -2.58. The lowest BCUT2D eigenvalue weighted by Crippen LogP contribution is -2.59. The molecule has 1 saturated heterocycles. The van der Waals surface area contributed by atoms with Gasteiger partial charge in [-0.3, -0.25) is 19.2 Å². The van der Waals surface area contributed by atoms with Crippen molar-refractivity contribution >= 4 is 35.4 Å². The van der Waals surface area contributed by atoms with Crippen LogP contribution in [0.1, 0.15) is 182 Å². The molecule has 25 atom stereocenters. The van der Waals surface area contributed by atoms with Crippen molar-refractivity contribution in [3.63, 3.8) is 0 Å². The molecule has 1 fully saturated rings. The Morgan fingerprint density at radius 2 is 1.38 bits per heavy atom. The fraction of sp³-hybridized carbons (Fsp3) is 0.718. The molecule has 3 amide bonds. The molecular formula is C78H129N3O20. The quantitative estimate of drug-likeness (QED) is 0.0249. The molecule has 2 heterocycles. The Bertz CT molecular complexity index is 2840. The zero-order valence-corrected chi connectivity index (χ0v) is 63.6. The molecular weight excluding hydrogens is 1300 g/mol. The van der Waals surface area contributed by atoms with Gasteiger partial charge in [-0.15, -0.1) is 0 Å². The Morgan fingerprint density at radius 1 is 0.762 bits per heavy atom. The molecule has 0 aliphatic carbocycles. The molecule has 2 rings (SSSR count).